The van der Waals surface area contributed by atoms with Crippen molar-refractivity contribution in [1.29, 1.82) is 0 Å². The first-order chi connectivity index (χ1) is 10.1. The van der Waals surface area contributed by atoms with Gasteiger partial charge in [0.05, 0.1) is 5.52 Å². The molecule has 0 spiro atoms. The van der Waals surface area contributed by atoms with Crippen LogP contribution in [0.2, 0.25) is 0 Å². The molecule has 0 atom stereocenters. The third kappa shape index (κ3) is 2.93. The second-order valence-electron chi connectivity index (χ2n) is 5.28. The minimum atomic E-state index is 0.786. The van der Waals surface area contributed by atoms with E-state index in [4.69, 9.17) is 0 Å². The van der Waals surface area contributed by atoms with Crippen LogP contribution in [-0.2, 0) is 6.54 Å². The number of fused-ring (bicyclic) bond motifs is 1. The maximum absolute atomic E-state index is 4.48. The Labute approximate surface area is 133 Å². The Balaban J connectivity index is 1.90. The van der Waals surface area contributed by atoms with E-state index >= 15 is 0 Å². The number of rotatable bonds is 3. The van der Waals surface area contributed by atoms with E-state index in [2.05, 4.69) is 76.5 Å². The van der Waals surface area contributed by atoms with Gasteiger partial charge in [0.1, 0.15) is 0 Å². The minimum absolute atomic E-state index is 0.786. The standard InChI is InChI=1S/C18H17BrN2/c1-12-5-7-14(16(19)10-12)11-21-17-8-6-13(2)18-15(17)4-3-9-20-18/h3-10,21H,11H2,1-2H3. The molecule has 0 aliphatic rings. The molecule has 0 saturated heterocycles. The van der Waals surface area contributed by atoms with E-state index in [9.17, 15) is 0 Å². The molecule has 0 aliphatic carbocycles. The highest BCUT2D eigenvalue weighted by atomic mass is 79.9. The molecular weight excluding hydrogens is 324 g/mol. The summed E-state index contributed by atoms with van der Waals surface area (Å²) in [5.74, 6) is 0. The van der Waals surface area contributed by atoms with Crippen LogP contribution >= 0.6 is 15.9 Å². The first kappa shape index (κ1) is 14.1. The molecule has 1 N–H and O–H groups in total. The lowest BCUT2D eigenvalue weighted by atomic mass is 10.1. The lowest BCUT2D eigenvalue weighted by Crippen LogP contribution is -2.01. The van der Waals surface area contributed by atoms with Gasteiger partial charge in [0.25, 0.3) is 0 Å². The lowest BCUT2D eigenvalue weighted by molar-refractivity contribution is 1.13. The summed E-state index contributed by atoms with van der Waals surface area (Å²) in [4.78, 5) is 4.48. The number of anilines is 1. The van der Waals surface area contributed by atoms with Crippen molar-refractivity contribution >= 4 is 32.5 Å². The van der Waals surface area contributed by atoms with Crippen LogP contribution in [0.1, 0.15) is 16.7 Å². The molecule has 3 heteroatoms. The number of halogens is 1. The van der Waals surface area contributed by atoms with E-state index < -0.39 is 0 Å². The number of pyridine rings is 1. The van der Waals surface area contributed by atoms with Crippen LogP contribution < -0.4 is 5.32 Å². The normalized spacial score (nSPS) is 10.8. The third-order valence-electron chi connectivity index (χ3n) is 3.65. The van der Waals surface area contributed by atoms with Gasteiger partial charge in [0, 0.05) is 28.3 Å². The zero-order valence-corrected chi connectivity index (χ0v) is 13.7. The van der Waals surface area contributed by atoms with Crippen molar-refractivity contribution in [3.8, 4) is 0 Å². The van der Waals surface area contributed by atoms with Gasteiger partial charge in [-0.3, -0.25) is 4.98 Å². The zero-order valence-electron chi connectivity index (χ0n) is 12.2. The number of benzene rings is 2. The molecule has 0 radical (unpaired) electrons. The summed E-state index contributed by atoms with van der Waals surface area (Å²) in [6.07, 6.45) is 1.84. The quantitative estimate of drug-likeness (QED) is 0.706. The Morgan fingerprint density at radius 3 is 2.76 bits per heavy atom. The first-order valence-electron chi connectivity index (χ1n) is 6.98. The van der Waals surface area contributed by atoms with Crippen LogP contribution in [-0.4, -0.2) is 4.98 Å². The molecular formula is C18H17BrN2. The van der Waals surface area contributed by atoms with Crippen LogP contribution in [0.15, 0.2) is 53.1 Å². The van der Waals surface area contributed by atoms with E-state index in [-0.39, 0.29) is 0 Å². The van der Waals surface area contributed by atoms with Crippen molar-refractivity contribution in [2.75, 3.05) is 5.32 Å². The van der Waals surface area contributed by atoms with Gasteiger partial charge in [-0.1, -0.05) is 34.1 Å². The fourth-order valence-corrected chi connectivity index (χ4v) is 3.09. The van der Waals surface area contributed by atoms with E-state index in [0.29, 0.717) is 0 Å². The molecule has 3 rings (SSSR count). The molecule has 0 aliphatic heterocycles. The maximum Gasteiger partial charge on any atom is 0.0751 e. The lowest BCUT2D eigenvalue weighted by Gasteiger charge is -2.12. The van der Waals surface area contributed by atoms with Crippen molar-refractivity contribution in [3.05, 3.63) is 69.8 Å². The van der Waals surface area contributed by atoms with Crippen molar-refractivity contribution in [2.45, 2.75) is 20.4 Å². The smallest absolute Gasteiger partial charge is 0.0751 e. The minimum Gasteiger partial charge on any atom is -0.380 e. The SMILES string of the molecule is Cc1ccc(CNc2ccc(C)c3ncccc23)c(Br)c1. The second kappa shape index (κ2) is 5.86. The Hall–Kier alpha value is -1.87. The number of nitrogens with one attached hydrogen (secondary N) is 1. The average molecular weight is 341 g/mol. The average Bonchev–Trinajstić information content (AvgIpc) is 2.48. The monoisotopic (exact) mass is 340 g/mol. The van der Waals surface area contributed by atoms with E-state index in [1.165, 1.54) is 22.1 Å². The molecule has 0 saturated carbocycles. The highest BCUT2D eigenvalue weighted by molar-refractivity contribution is 9.10. The summed E-state index contributed by atoms with van der Waals surface area (Å²) in [6.45, 7) is 4.98. The van der Waals surface area contributed by atoms with Gasteiger partial charge in [-0.2, -0.15) is 0 Å². The number of aryl methyl sites for hydroxylation is 2. The van der Waals surface area contributed by atoms with Gasteiger partial charge < -0.3 is 5.32 Å². The van der Waals surface area contributed by atoms with Gasteiger partial charge >= 0.3 is 0 Å². The first-order valence-corrected chi connectivity index (χ1v) is 7.77. The second-order valence-corrected chi connectivity index (χ2v) is 6.13. The predicted octanol–water partition coefficient (Wildman–Crippen LogP) is 5.23. The van der Waals surface area contributed by atoms with Crippen molar-refractivity contribution in [1.82, 2.24) is 4.98 Å². The van der Waals surface area contributed by atoms with Crippen LogP contribution in [0, 0.1) is 13.8 Å². The topological polar surface area (TPSA) is 24.9 Å². The molecule has 0 bridgehead atoms. The molecule has 1 heterocycles. The van der Waals surface area contributed by atoms with Gasteiger partial charge in [-0.25, -0.2) is 0 Å². The highest BCUT2D eigenvalue weighted by Gasteiger charge is 2.05. The van der Waals surface area contributed by atoms with E-state index in [0.717, 1.165) is 22.2 Å². The van der Waals surface area contributed by atoms with Gasteiger partial charge in [0.2, 0.25) is 0 Å². The van der Waals surface area contributed by atoms with E-state index in [1.807, 2.05) is 12.3 Å². The summed E-state index contributed by atoms with van der Waals surface area (Å²) in [6, 6.07) is 14.8. The molecule has 21 heavy (non-hydrogen) atoms. The molecule has 0 fully saturated rings. The third-order valence-corrected chi connectivity index (χ3v) is 4.39. The van der Waals surface area contributed by atoms with Gasteiger partial charge in [0.15, 0.2) is 0 Å². The summed E-state index contributed by atoms with van der Waals surface area (Å²) in [5, 5.41) is 4.69. The summed E-state index contributed by atoms with van der Waals surface area (Å²) >= 11 is 3.63. The van der Waals surface area contributed by atoms with Crippen molar-refractivity contribution in [2.24, 2.45) is 0 Å². The zero-order chi connectivity index (χ0) is 14.8. The number of aromatic nitrogens is 1. The fourth-order valence-electron chi connectivity index (χ4n) is 2.45. The highest BCUT2D eigenvalue weighted by Crippen LogP contribution is 2.26. The molecule has 0 unspecified atom stereocenters. The molecule has 3 aromatic rings. The van der Waals surface area contributed by atoms with Crippen LogP contribution in [0.25, 0.3) is 10.9 Å². The molecule has 2 aromatic carbocycles. The summed E-state index contributed by atoms with van der Waals surface area (Å²) in [7, 11) is 0. The van der Waals surface area contributed by atoms with Gasteiger partial charge in [-0.15, -0.1) is 0 Å². The van der Waals surface area contributed by atoms with Crippen molar-refractivity contribution < 1.29 is 0 Å². The molecule has 2 nitrogen and oxygen atoms in total. The van der Waals surface area contributed by atoms with Crippen LogP contribution in [0.3, 0.4) is 0 Å². The molecule has 0 amide bonds. The van der Waals surface area contributed by atoms with Crippen LogP contribution in [0.4, 0.5) is 5.69 Å². The number of nitrogens with zero attached hydrogens (tertiary/aromatic N) is 1. The molecule has 1 aromatic heterocycles. The largest absolute Gasteiger partial charge is 0.380 e. The molecule has 106 valence electrons. The Morgan fingerprint density at radius 1 is 1.10 bits per heavy atom. The van der Waals surface area contributed by atoms with Crippen LogP contribution in [0.5, 0.6) is 0 Å². The Bertz CT molecular complexity index is 796. The summed E-state index contributed by atoms with van der Waals surface area (Å²) in [5.41, 5.74) is 5.89. The Morgan fingerprint density at radius 2 is 1.95 bits per heavy atom. The van der Waals surface area contributed by atoms with Gasteiger partial charge in [-0.05, 0) is 54.8 Å². The maximum atomic E-state index is 4.48. The van der Waals surface area contributed by atoms with E-state index in [1.54, 1.807) is 0 Å². The number of hydrogen-bond acceptors (Lipinski definition) is 2. The van der Waals surface area contributed by atoms with Crippen molar-refractivity contribution in [3.63, 3.8) is 0 Å². The summed E-state index contributed by atoms with van der Waals surface area (Å²) < 4.78 is 1.14. The number of hydrogen-bond donors (Lipinski definition) is 1. The Kier molecular flexibility index (Phi) is 3.93. The fraction of sp³-hybridized carbons (Fsp3) is 0.167. The predicted molar refractivity (Wildman–Crippen MR) is 92.7 cm³/mol.